The van der Waals surface area contributed by atoms with E-state index in [2.05, 4.69) is 11.8 Å². The van der Waals surface area contributed by atoms with Crippen molar-refractivity contribution < 1.29 is 8.78 Å². The highest BCUT2D eigenvalue weighted by Crippen LogP contribution is 2.30. The lowest BCUT2D eigenvalue weighted by Crippen LogP contribution is -2.31. The molecule has 0 saturated carbocycles. The fourth-order valence-corrected chi connectivity index (χ4v) is 2.96. The van der Waals surface area contributed by atoms with Crippen molar-refractivity contribution in [3.63, 3.8) is 0 Å². The predicted octanol–water partition coefficient (Wildman–Crippen LogP) is 3.59. The van der Waals surface area contributed by atoms with Crippen molar-refractivity contribution in [2.45, 2.75) is 30.5 Å². The minimum atomic E-state index is -2.35. The van der Waals surface area contributed by atoms with Crippen LogP contribution in [-0.2, 0) is 6.54 Å². The first-order valence-electron chi connectivity index (χ1n) is 6.47. The quantitative estimate of drug-likeness (QED) is 0.840. The van der Waals surface area contributed by atoms with E-state index >= 15 is 0 Å². The van der Waals surface area contributed by atoms with Crippen molar-refractivity contribution in [2.75, 3.05) is 19.6 Å². The predicted molar refractivity (Wildman–Crippen MR) is 82.6 cm³/mol. The zero-order chi connectivity index (χ0) is 13.9. The summed E-state index contributed by atoms with van der Waals surface area (Å²) >= 11 is 0.590. The van der Waals surface area contributed by atoms with Crippen molar-refractivity contribution in [1.82, 2.24) is 4.90 Å². The second-order valence-electron chi connectivity index (χ2n) is 5.50. The Morgan fingerprint density at radius 1 is 1.35 bits per heavy atom. The van der Waals surface area contributed by atoms with Crippen LogP contribution in [0, 0.1) is 5.41 Å². The van der Waals surface area contributed by atoms with E-state index in [1.807, 2.05) is 12.1 Å². The van der Waals surface area contributed by atoms with Gasteiger partial charge >= 0.3 is 0 Å². The molecule has 0 radical (unpaired) electrons. The van der Waals surface area contributed by atoms with Crippen LogP contribution in [0.4, 0.5) is 8.78 Å². The van der Waals surface area contributed by atoms with Gasteiger partial charge in [0.2, 0.25) is 0 Å². The molecule has 6 heteroatoms. The number of hydrogen-bond donors (Lipinski definition) is 1. The summed E-state index contributed by atoms with van der Waals surface area (Å²) in [6.07, 6.45) is 1.13. The molecule has 2 nitrogen and oxygen atoms in total. The molecule has 0 bridgehead atoms. The molecule has 1 unspecified atom stereocenters. The molecule has 20 heavy (non-hydrogen) atoms. The SMILES string of the molecule is CC1(CN)CCN(Cc2ccc(SC(F)F)cc2)C1.Cl. The number of thioether (sulfide) groups is 1. The molecule has 1 aromatic carbocycles. The van der Waals surface area contributed by atoms with Crippen LogP contribution in [0.25, 0.3) is 0 Å². The van der Waals surface area contributed by atoms with E-state index in [4.69, 9.17) is 5.73 Å². The topological polar surface area (TPSA) is 29.3 Å². The van der Waals surface area contributed by atoms with E-state index in [1.54, 1.807) is 12.1 Å². The molecule has 1 heterocycles. The minimum absolute atomic E-state index is 0. The van der Waals surface area contributed by atoms with Crippen molar-refractivity contribution in [3.05, 3.63) is 29.8 Å². The molecule has 0 amide bonds. The third kappa shape index (κ3) is 4.88. The molecule has 1 atom stereocenters. The highest BCUT2D eigenvalue weighted by atomic mass is 35.5. The van der Waals surface area contributed by atoms with Crippen LogP contribution in [0.2, 0.25) is 0 Å². The normalized spacial score (nSPS) is 23.1. The van der Waals surface area contributed by atoms with E-state index in [-0.39, 0.29) is 17.8 Å². The molecule has 2 N–H and O–H groups in total. The van der Waals surface area contributed by atoms with E-state index in [0.717, 1.165) is 26.1 Å². The number of benzene rings is 1. The summed E-state index contributed by atoms with van der Waals surface area (Å²) < 4.78 is 24.4. The number of halogens is 3. The van der Waals surface area contributed by atoms with Crippen LogP contribution in [0.3, 0.4) is 0 Å². The van der Waals surface area contributed by atoms with Gasteiger partial charge in [0.25, 0.3) is 5.76 Å². The first kappa shape index (κ1) is 17.7. The average Bonchev–Trinajstić information content (AvgIpc) is 2.74. The van der Waals surface area contributed by atoms with Crippen molar-refractivity contribution in [1.29, 1.82) is 0 Å². The van der Waals surface area contributed by atoms with Gasteiger partial charge in [-0.1, -0.05) is 30.8 Å². The summed E-state index contributed by atoms with van der Waals surface area (Å²) in [5, 5.41) is 0. The van der Waals surface area contributed by atoms with Crippen LogP contribution < -0.4 is 5.73 Å². The Hall–Kier alpha value is -0.360. The number of nitrogens with two attached hydrogens (primary N) is 1. The maximum atomic E-state index is 12.2. The van der Waals surface area contributed by atoms with E-state index in [0.29, 0.717) is 23.2 Å². The summed E-state index contributed by atoms with van der Waals surface area (Å²) in [6.45, 7) is 5.87. The van der Waals surface area contributed by atoms with Gasteiger partial charge in [-0.05, 0) is 42.6 Å². The number of rotatable bonds is 5. The van der Waals surface area contributed by atoms with Crippen molar-refractivity contribution >= 4 is 24.2 Å². The Morgan fingerprint density at radius 2 is 2.00 bits per heavy atom. The van der Waals surface area contributed by atoms with Gasteiger partial charge < -0.3 is 5.73 Å². The van der Waals surface area contributed by atoms with Crippen LogP contribution in [0.15, 0.2) is 29.2 Å². The van der Waals surface area contributed by atoms with Gasteiger partial charge in [-0.3, -0.25) is 4.90 Å². The molecule has 0 aromatic heterocycles. The molecule has 1 saturated heterocycles. The zero-order valence-corrected chi connectivity index (χ0v) is 13.2. The molecule has 2 rings (SSSR count). The Bertz CT molecular complexity index is 416. The van der Waals surface area contributed by atoms with Gasteiger partial charge in [0.15, 0.2) is 0 Å². The standard InChI is InChI=1S/C14H20F2N2S.ClH/c1-14(9-17)6-7-18(10-14)8-11-2-4-12(5-3-11)19-13(15)16;/h2-5,13H,6-10,17H2,1H3;1H. The van der Waals surface area contributed by atoms with E-state index in [9.17, 15) is 8.78 Å². The largest absolute Gasteiger partial charge is 0.330 e. The zero-order valence-electron chi connectivity index (χ0n) is 11.5. The molecular weight excluding hydrogens is 302 g/mol. The van der Waals surface area contributed by atoms with E-state index < -0.39 is 5.76 Å². The molecule has 1 aliphatic heterocycles. The van der Waals surface area contributed by atoms with Crippen molar-refractivity contribution in [3.8, 4) is 0 Å². The van der Waals surface area contributed by atoms with Gasteiger partial charge in [-0.2, -0.15) is 8.78 Å². The maximum Gasteiger partial charge on any atom is 0.288 e. The van der Waals surface area contributed by atoms with Crippen LogP contribution in [0.1, 0.15) is 18.9 Å². The molecule has 0 aliphatic carbocycles. The molecule has 1 aromatic rings. The van der Waals surface area contributed by atoms with Crippen LogP contribution in [-0.4, -0.2) is 30.3 Å². The molecule has 1 aliphatic rings. The lowest BCUT2D eigenvalue weighted by Gasteiger charge is -2.22. The second kappa shape index (κ2) is 7.59. The number of nitrogens with zero attached hydrogens (tertiary/aromatic N) is 1. The Morgan fingerprint density at radius 3 is 2.50 bits per heavy atom. The lowest BCUT2D eigenvalue weighted by atomic mass is 9.90. The number of likely N-dealkylation sites (tertiary alicyclic amines) is 1. The molecular formula is C14H21ClF2N2S. The first-order chi connectivity index (χ1) is 9.00. The third-order valence-electron chi connectivity index (χ3n) is 3.68. The summed E-state index contributed by atoms with van der Waals surface area (Å²) in [5.74, 6) is -2.35. The number of alkyl halides is 2. The Labute approximate surface area is 129 Å². The van der Waals surface area contributed by atoms with Gasteiger partial charge in [0.1, 0.15) is 0 Å². The van der Waals surface area contributed by atoms with Crippen LogP contribution in [0.5, 0.6) is 0 Å². The van der Waals surface area contributed by atoms with Gasteiger partial charge in [0.05, 0.1) is 0 Å². The highest BCUT2D eigenvalue weighted by molar-refractivity contribution is 7.99. The van der Waals surface area contributed by atoms with E-state index in [1.165, 1.54) is 5.56 Å². The summed E-state index contributed by atoms with van der Waals surface area (Å²) in [5.41, 5.74) is 7.18. The van der Waals surface area contributed by atoms with Gasteiger partial charge in [-0.25, -0.2) is 0 Å². The molecule has 114 valence electrons. The molecule has 0 spiro atoms. The second-order valence-corrected chi connectivity index (χ2v) is 6.56. The van der Waals surface area contributed by atoms with Gasteiger partial charge in [0, 0.05) is 18.0 Å². The van der Waals surface area contributed by atoms with Crippen LogP contribution >= 0.6 is 24.2 Å². The first-order valence-corrected chi connectivity index (χ1v) is 7.35. The number of hydrogen-bond acceptors (Lipinski definition) is 3. The smallest absolute Gasteiger partial charge is 0.288 e. The Kier molecular flexibility index (Phi) is 6.72. The summed E-state index contributed by atoms with van der Waals surface area (Å²) in [4.78, 5) is 2.99. The Balaban J connectivity index is 0.00000200. The maximum absolute atomic E-state index is 12.2. The summed E-state index contributed by atoms with van der Waals surface area (Å²) in [7, 11) is 0. The molecule has 1 fully saturated rings. The fraction of sp³-hybridized carbons (Fsp3) is 0.571. The van der Waals surface area contributed by atoms with Crippen molar-refractivity contribution in [2.24, 2.45) is 11.1 Å². The fourth-order valence-electron chi connectivity index (χ4n) is 2.46. The minimum Gasteiger partial charge on any atom is -0.330 e. The third-order valence-corrected chi connectivity index (χ3v) is 4.41. The monoisotopic (exact) mass is 322 g/mol. The summed E-state index contributed by atoms with van der Waals surface area (Å²) in [6, 6.07) is 7.40. The lowest BCUT2D eigenvalue weighted by molar-refractivity contribution is 0.252. The highest BCUT2D eigenvalue weighted by Gasteiger charge is 2.32. The average molecular weight is 323 g/mol. The van der Waals surface area contributed by atoms with Gasteiger partial charge in [-0.15, -0.1) is 12.4 Å².